The van der Waals surface area contributed by atoms with Crippen molar-refractivity contribution >= 4 is 27.5 Å². The quantitative estimate of drug-likeness (QED) is 0.844. The van der Waals surface area contributed by atoms with Crippen LogP contribution >= 0.6 is 27.5 Å². The average Bonchev–Trinajstić information content (AvgIpc) is 2.79. The van der Waals surface area contributed by atoms with Gasteiger partial charge in [-0.05, 0) is 35.3 Å². The van der Waals surface area contributed by atoms with Crippen LogP contribution < -0.4 is 0 Å². The lowest BCUT2D eigenvalue weighted by Gasteiger charge is -2.30. The first kappa shape index (κ1) is 13.3. The summed E-state index contributed by atoms with van der Waals surface area (Å²) < 4.78 is 19.8. The molecule has 1 aliphatic heterocycles. The predicted octanol–water partition coefficient (Wildman–Crippen LogP) is 3.49. The zero-order chi connectivity index (χ0) is 12.6. The second-order valence-electron chi connectivity index (χ2n) is 4.43. The highest BCUT2D eigenvalue weighted by molar-refractivity contribution is 9.10. The van der Waals surface area contributed by atoms with Crippen LogP contribution in [0.5, 0.6) is 0 Å². The Bertz CT molecular complexity index is 431. The van der Waals surface area contributed by atoms with E-state index in [9.17, 15) is 9.50 Å². The maximum atomic E-state index is 14.0. The monoisotopic (exact) mass is 322 g/mol. The molecule has 17 heavy (non-hydrogen) atoms. The standard InChI is InChI=1S/C12H13BrClFO2/c1-12(16,7-4-5-17-6-7)8-2-3-9(13)10(14)11(8)15/h2-3,7,16H,4-6H2,1H3. The molecule has 1 aliphatic rings. The first-order valence-electron chi connectivity index (χ1n) is 5.38. The number of aliphatic hydroxyl groups is 1. The van der Waals surface area contributed by atoms with Gasteiger partial charge in [0, 0.05) is 22.6 Å². The Morgan fingerprint density at radius 3 is 2.88 bits per heavy atom. The third kappa shape index (κ3) is 2.36. The van der Waals surface area contributed by atoms with E-state index in [-0.39, 0.29) is 16.5 Å². The molecule has 1 fully saturated rings. The minimum Gasteiger partial charge on any atom is -0.385 e. The summed E-state index contributed by atoms with van der Waals surface area (Å²) in [6.07, 6.45) is 0.722. The predicted molar refractivity (Wildman–Crippen MR) is 67.6 cm³/mol. The van der Waals surface area contributed by atoms with Crippen molar-refractivity contribution in [2.75, 3.05) is 13.2 Å². The number of ether oxygens (including phenoxy) is 1. The molecule has 1 aromatic carbocycles. The van der Waals surface area contributed by atoms with E-state index in [1.54, 1.807) is 19.1 Å². The maximum Gasteiger partial charge on any atom is 0.149 e. The van der Waals surface area contributed by atoms with Gasteiger partial charge in [0.25, 0.3) is 0 Å². The molecule has 1 aromatic rings. The molecule has 5 heteroatoms. The molecule has 0 aromatic heterocycles. The van der Waals surface area contributed by atoms with Crippen LogP contribution in [0, 0.1) is 11.7 Å². The summed E-state index contributed by atoms with van der Waals surface area (Å²) in [5.41, 5.74) is -1.04. The van der Waals surface area contributed by atoms with Gasteiger partial charge in [0.1, 0.15) is 5.82 Å². The highest BCUT2D eigenvalue weighted by atomic mass is 79.9. The number of halogens is 3. The Hall–Kier alpha value is -0.160. The normalized spacial score (nSPS) is 23.7. The largest absolute Gasteiger partial charge is 0.385 e. The fourth-order valence-corrected chi connectivity index (χ4v) is 2.59. The van der Waals surface area contributed by atoms with Crippen LogP contribution in [0.15, 0.2) is 16.6 Å². The van der Waals surface area contributed by atoms with Gasteiger partial charge in [-0.25, -0.2) is 4.39 Å². The Labute approximate surface area is 113 Å². The van der Waals surface area contributed by atoms with Crippen molar-refractivity contribution < 1.29 is 14.2 Å². The summed E-state index contributed by atoms with van der Waals surface area (Å²) in [5.74, 6) is -0.674. The topological polar surface area (TPSA) is 29.5 Å². The van der Waals surface area contributed by atoms with E-state index in [1.807, 2.05) is 0 Å². The van der Waals surface area contributed by atoms with Crippen LogP contribution in [0.3, 0.4) is 0 Å². The maximum absolute atomic E-state index is 14.0. The first-order chi connectivity index (χ1) is 7.94. The van der Waals surface area contributed by atoms with Crippen molar-refractivity contribution in [1.29, 1.82) is 0 Å². The van der Waals surface area contributed by atoms with Crippen LogP contribution in [0.1, 0.15) is 18.9 Å². The van der Waals surface area contributed by atoms with Crippen molar-refractivity contribution in [2.45, 2.75) is 18.9 Å². The van der Waals surface area contributed by atoms with Gasteiger partial charge in [0.2, 0.25) is 0 Å². The number of benzene rings is 1. The SMILES string of the molecule is CC(O)(c1ccc(Br)c(Cl)c1F)C1CCOC1. The summed E-state index contributed by atoms with van der Waals surface area (Å²) in [7, 11) is 0. The molecule has 0 spiro atoms. The van der Waals surface area contributed by atoms with E-state index in [2.05, 4.69) is 15.9 Å². The van der Waals surface area contributed by atoms with Gasteiger partial charge in [-0.2, -0.15) is 0 Å². The molecular weight excluding hydrogens is 310 g/mol. The lowest BCUT2D eigenvalue weighted by Crippen LogP contribution is -2.33. The average molecular weight is 324 g/mol. The Morgan fingerprint density at radius 2 is 2.29 bits per heavy atom. The van der Waals surface area contributed by atoms with Gasteiger partial charge in [0.05, 0.1) is 17.2 Å². The minimum absolute atomic E-state index is 0.00157. The van der Waals surface area contributed by atoms with E-state index < -0.39 is 11.4 Å². The second-order valence-corrected chi connectivity index (χ2v) is 5.66. The summed E-state index contributed by atoms with van der Waals surface area (Å²) >= 11 is 8.98. The van der Waals surface area contributed by atoms with Crippen molar-refractivity contribution in [1.82, 2.24) is 0 Å². The van der Waals surface area contributed by atoms with Crippen LogP contribution in [-0.4, -0.2) is 18.3 Å². The van der Waals surface area contributed by atoms with Gasteiger partial charge < -0.3 is 9.84 Å². The summed E-state index contributed by atoms with van der Waals surface area (Å²) in [5, 5.41) is 10.5. The first-order valence-corrected chi connectivity index (χ1v) is 6.55. The van der Waals surface area contributed by atoms with Gasteiger partial charge >= 0.3 is 0 Å². The summed E-state index contributed by atoms with van der Waals surface area (Å²) in [4.78, 5) is 0. The van der Waals surface area contributed by atoms with Crippen molar-refractivity contribution in [3.63, 3.8) is 0 Å². The molecule has 2 unspecified atom stereocenters. The molecule has 0 bridgehead atoms. The van der Waals surface area contributed by atoms with Gasteiger partial charge in [-0.3, -0.25) is 0 Å². The third-order valence-corrected chi connectivity index (χ3v) is 4.56. The van der Waals surface area contributed by atoms with Crippen molar-refractivity contribution in [3.8, 4) is 0 Å². The molecule has 2 nitrogen and oxygen atoms in total. The van der Waals surface area contributed by atoms with E-state index >= 15 is 0 Å². The molecule has 94 valence electrons. The molecule has 0 saturated carbocycles. The third-order valence-electron chi connectivity index (χ3n) is 3.31. The summed E-state index contributed by atoms with van der Waals surface area (Å²) in [6, 6.07) is 3.20. The van der Waals surface area contributed by atoms with Crippen LogP contribution in [0.4, 0.5) is 4.39 Å². The van der Waals surface area contributed by atoms with Crippen molar-refractivity contribution in [3.05, 3.63) is 33.0 Å². The van der Waals surface area contributed by atoms with Gasteiger partial charge in [-0.1, -0.05) is 17.7 Å². The minimum atomic E-state index is -1.26. The molecular formula is C12H13BrClFO2. The Balaban J connectivity index is 2.42. The molecule has 0 radical (unpaired) electrons. The van der Waals surface area contributed by atoms with E-state index in [0.29, 0.717) is 17.7 Å². The Morgan fingerprint density at radius 1 is 1.59 bits per heavy atom. The van der Waals surface area contributed by atoms with Crippen molar-refractivity contribution in [2.24, 2.45) is 5.92 Å². The molecule has 1 N–H and O–H groups in total. The Kier molecular flexibility index (Phi) is 3.78. The molecule has 0 amide bonds. The molecule has 2 rings (SSSR count). The van der Waals surface area contributed by atoms with E-state index in [1.165, 1.54) is 0 Å². The fraction of sp³-hybridized carbons (Fsp3) is 0.500. The van der Waals surface area contributed by atoms with Gasteiger partial charge in [-0.15, -0.1) is 0 Å². The number of rotatable bonds is 2. The second kappa shape index (κ2) is 4.84. The molecule has 1 saturated heterocycles. The van der Waals surface area contributed by atoms with E-state index in [4.69, 9.17) is 16.3 Å². The van der Waals surface area contributed by atoms with E-state index in [0.717, 1.165) is 6.42 Å². The van der Waals surface area contributed by atoms with Crippen LogP contribution in [0.2, 0.25) is 5.02 Å². The smallest absolute Gasteiger partial charge is 0.149 e. The highest BCUT2D eigenvalue weighted by Crippen LogP contribution is 2.39. The fourth-order valence-electron chi connectivity index (χ4n) is 2.11. The zero-order valence-corrected chi connectivity index (χ0v) is 11.7. The number of hydrogen-bond acceptors (Lipinski definition) is 2. The molecule has 2 atom stereocenters. The lowest BCUT2D eigenvalue weighted by molar-refractivity contribution is -0.0126. The van der Waals surface area contributed by atoms with Crippen LogP contribution in [-0.2, 0) is 10.3 Å². The molecule has 0 aliphatic carbocycles. The zero-order valence-electron chi connectivity index (χ0n) is 9.34. The highest BCUT2D eigenvalue weighted by Gasteiger charge is 2.38. The van der Waals surface area contributed by atoms with Crippen LogP contribution in [0.25, 0.3) is 0 Å². The molecule has 1 heterocycles. The lowest BCUT2D eigenvalue weighted by atomic mass is 9.82. The number of hydrogen-bond donors (Lipinski definition) is 1. The van der Waals surface area contributed by atoms with Gasteiger partial charge in [0.15, 0.2) is 0 Å². The summed E-state index contributed by atoms with van der Waals surface area (Å²) in [6.45, 7) is 2.65.